The monoisotopic (exact) mass is 206 g/mol. The van der Waals surface area contributed by atoms with Crippen LogP contribution in [0.4, 0.5) is 14.6 Å². The highest BCUT2D eigenvalue weighted by molar-refractivity contribution is 6.35. The minimum absolute atomic E-state index is 0.131. The Kier molecular flexibility index (Phi) is 2.77. The van der Waals surface area contributed by atoms with Crippen LogP contribution in [0, 0.1) is 0 Å². The standard InChI is InChI=1S/C7H5ClF2N2O/c8-5-4(2-13)3(6(9)10)1-12-7(5)11/h1-2,6H,(H2,11,12). The number of nitrogen functional groups attached to an aromatic ring is 1. The van der Waals surface area contributed by atoms with Crippen LogP contribution < -0.4 is 5.73 Å². The molecule has 3 nitrogen and oxygen atoms in total. The highest BCUT2D eigenvalue weighted by Gasteiger charge is 2.17. The third-order valence-corrected chi connectivity index (χ3v) is 1.87. The van der Waals surface area contributed by atoms with Gasteiger partial charge in [-0.25, -0.2) is 13.8 Å². The maximum atomic E-state index is 12.2. The van der Waals surface area contributed by atoms with Gasteiger partial charge >= 0.3 is 0 Å². The van der Waals surface area contributed by atoms with E-state index in [1.165, 1.54) is 0 Å². The molecule has 6 heteroatoms. The fourth-order valence-electron chi connectivity index (χ4n) is 0.824. The van der Waals surface area contributed by atoms with Crippen LogP contribution in [-0.2, 0) is 0 Å². The first-order valence-electron chi connectivity index (χ1n) is 3.25. The van der Waals surface area contributed by atoms with Gasteiger partial charge in [-0.3, -0.25) is 4.79 Å². The summed E-state index contributed by atoms with van der Waals surface area (Å²) >= 11 is 5.49. The minimum atomic E-state index is -2.79. The van der Waals surface area contributed by atoms with Crippen LogP contribution >= 0.6 is 11.6 Å². The average molecular weight is 207 g/mol. The molecule has 0 bridgehead atoms. The number of halogens is 3. The quantitative estimate of drug-likeness (QED) is 0.754. The lowest BCUT2D eigenvalue weighted by atomic mass is 10.1. The summed E-state index contributed by atoms with van der Waals surface area (Å²) in [5.41, 5.74) is 4.41. The number of aromatic nitrogens is 1. The van der Waals surface area contributed by atoms with E-state index in [4.69, 9.17) is 17.3 Å². The molecule has 0 aromatic carbocycles. The Hall–Kier alpha value is -1.23. The predicted octanol–water partition coefficient (Wildman–Crippen LogP) is 2.07. The number of carbonyl (C=O) groups is 1. The van der Waals surface area contributed by atoms with Crippen LogP contribution in [0.25, 0.3) is 0 Å². The molecule has 1 aromatic rings. The summed E-state index contributed by atoms with van der Waals surface area (Å²) in [4.78, 5) is 13.8. The summed E-state index contributed by atoms with van der Waals surface area (Å²) < 4.78 is 24.5. The second-order valence-electron chi connectivity index (χ2n) is 2.24. The zero-order chi connectivity index (χ0) is 10.0. The molecule has 1 rings (SSSR count). The van der Waals surface area contributed by atoms with Crippen molar-refractivity contribution in [2.75, 3.05) is 5.73 Å². The van der Waals surface area contributed by atoms with Crippen LogP contribution in [0.3, 0.4) is 0 Å². The molecule has 1 aromatic heterocycles. The van der Waals surface area contributed by atoms with E-state index < -0.39 is 12.0 Å². The van der Waals surface area contributed by atoms with Gasteiger partial charge < -0.3 is 5.73 Å². The largest absolute Gasteiger partial charge is 0.382 e. The van der Waals surface area contributed by atoms with Gasteiger partial charge in [0.05, 0.1) is 5.02 Å². The van der Waals surface area contributed by atoms with Gasteiger partial charge in [0.2, 0.25) is 0 Å². The maximum Gasteiger partial charge on any atom is 0.266 e. The first-order valence-corrected chi connectivity index (χ1v) is 3.63. The number of carbonyl (C=O) groups excluding carboxylic acids is 1. The summed E-state index contributed by atoms with van der Waals surface area (Å²) in [5, 5.41) is -0.229. The Labute approximate surface area is 77.5 Å². The van der Waals surface area contributed by atoms with Gasteiger partial charge in [-0.15, -0.1) is 0 Å². The molecule has 13 heavy (non-hydrogen) atoms. The Morgan fingerprint density at radius 1 is 1.62 bits per heavy atom. The van der Waals surface area contributed by atoms with Crippen LogP contribution in [0.5, 0.6) is 0 Å². The van der Waals surface area contributed by atoms with Gasteiger partial charge in [0.1, 0.15) is 5.82 Å². The molecule has 0 aliphatic carbocycles. The molecule has 0 radical (unpaired) electrons. The van der Waals surface area contributed by atoms with Crippen LogP contribution in [0.2, 0.25) is 5.02 Å². The van der Waals surface area contributed by atoms with Crippen molar-refractivity contribution in [2.24, 2.45) is 0 Å². The number of rotatable bonds is 2. The summed E-state index contributed by atoms with van der Waals surface area (Å²) in [6.45, 7) is 0. The molecule has 70 valence electrons. The van der Waals surface area contributed by atoms with Crippen molar-refractivity contribution in [3.63, 3.8) is 0 Å². The summed E-state index contributed by atoms with van der Waals surface area (Å²) in [6.07, 6.45) is -1.71. The highest BCUT2D eigenvalue weighted by Crippen LogP contribution is 2.29. The van der Waals surface area contributed by atoms with Crippen LogP contribution in [0.15, 0.2) is 6.20 Å². The van der Waals surface area contributed by atoms with Crippen molar-refractivity contribution in [1.82, 2.24) is 4.98 Å². The Morgan fingerprint density at radius 2 is 2.23 bits per heavy atom. The normalized spacial score (nSPS) is 10.5. The van der Waals surface area contributed by atoms with E-state index in [0.717, 1.165) is 6.20 Å². The number of aldehydes is 1. The average Bonchev–Trinajstić information content (AvgIpc) is 2.09. The van der Waals surface area contributed by atoms with Gasteiger partial charge in [-0.05, 0) is 0 Å². The SMILES string of the molecule is Nc1ncc(C(F)F)c(C=O)c1Cl. The highest BCUT2D eigenvalue weighted by atomic mass is 35.5. The van der Waals surface area contributed by atoms with Crippen molar-refractivity contribution < 1.29 is 13.6 Å². The molecule has 0 fully saturated rings. The van der Waals surface area contributed by atoms with Gasteiger partial charge in [0.15, 0.2) is 6.29 Å². The van der Waals surface area contributed by atoms with Gasteiger partial charge in [0.25, 0.3) is 6.43 Å². The topological polar surface area (TPSA) is 56.0 Å². The van der Waals surface area contributed by atoms with Crippen molar-refractivity contribution in [1.29, 1.82) is 0 Å². The lowest BCUT2D eigenvalue weighted by Gasteiger charge is -2.05. The summed E-state index contributed by atoms with van der Waals surface area (Å²) in [6, 6.07) is 0. The number of nitrogens with zero attached hydrogens (tertiary/aromatic N) is 1. The third-order valence-electron chi connectivity index (χ3n) is 1.47. The van der Waals surface area contributed by atoms with E-state index in [2.05, 4.69) is 4.98 Å². The van der Waals surface area contributed by atoms with Gasteiger partial charge in [-0.2, -0.15) is 0 Å². The molecule has 0 saturated heterocycles. The molecule has 0 spiro atoms. The van der Waals surface area contributed by atoms with E-state index in [1.54, 1.807) is 0 Å². The Morgan fingerprint density at radius 3 is 2.69 bits per heavy atom. The van der Waals surface area contributed by atoms with Crippen molar-refractivity contribution in [2.45, 2.75) is 6.43 Å². The minimum Gasteiger partial charge on any atom is -0.382 e. The molecular formula is C7H5ClF2N2O. The first kappa shape index (κ1) is 9.85. The predicted molar refractivity (Wildman–Crippen MR) is 44.0 cm³/mol. The molecule has 0 aliphatic rings. The fraction of sp³-hybridized carbons (Fsp3) is 0.143. The fourth-order valence-corrected chi connectivity index (χ4v) is 1.03. The Balaban J connectivity index is 3.38. The van der Waals surface area contributed by atoms with Crippen molar-refractivity contribution in [3.05, 3.63) is 22.3 Å². The summed E-state index contributed by atoms with van der Waals surface area (Å²) in [7, 11) is 0. The maximum absolute atomic E-state index is 12.2. The molecule has 0 atom stereocenters. The number of hydrogen-bond donors (Lipinski definition) is 1. The molecule has 2 N–H and O–H groups in total. The number of nitrogens with two attached hydrogens (primary N) is 1. The Bertz CT molecular complexity index is 344. The van der Waals surface area contributed by atoms with Gasteiger partial charge in [-0.1, -0.05) is 11.6 Å². The molecule has 0 saturated carbocycles. The number of alkyl halides is 2. The number of anilines is 1. The summed E-state index contributed by atoms with van der Waals surface area (Å²) in [5.74, 6) is -0.131. The van der Waals surface area contributed by atoms with Crippen LogP contribution in [-0.4, -0.2) is 11.3 Å². The molecule has 1 heterocycles. The first-order chi connectivity index (χ1) is 6.07. The number of pyridine rings is 1. The molecule has 0 unspecified atom stereocenters. The van der Waals surface area contributed by atoms with Crippen molar-refractivity contribution >= 4 is 23.7 Å². The van der Waals surface area contributed by atoms with Crippen LogP contribution in [0.1, 0.15) is 22.3 Å². The van der Waals surface area contributed by atoms with E-state index in [-0.39, 0.29) is 22.7 Å². The van der Waals surface area contributed by atoms with E-state index in [0.29, 0.717) is 0 Å². The van der Waals surface area contributed by atoms with E-state index >= 15 is 0 Å². The second-order valence-corrected chi connectivity index (χ2v) is 2.62. The van der Waals surface area contributed by atoms with Crippen molar-refractivity contribution in [3.8, 4) is 0 Å². The van der Waals surface area contributed by atoms with Gasteiger partial charge in [0, 0.05) is 17.3 Å². The molecule has 0 amide bonds. The second kappa shape index (κ2) is 3.66. The smallest absolute Gasteiger partial charge is 0.266 e. The zero-order valence-corrected chi connectivity index (χ0v) is 7.05. The zero-order valence-electron chi connectivity index (χ0n) is 6.30. The number of hydrogen-bond acceptors (Lipinski definition) is 3. The molecule has 0 aliphatic heterocycles. The lowest BCUT2D eigenvalue weighted by Crippen LogP contribution is -2.00. The lowest BCUT2D eigenvalue weighted by molar-refractivity contribution is 0.110. The molecular weight excluding hydrogens is 202 g/mol. The third kappa shape index (κ3) is 1.75. The van der Waals surface area contributed by atoms with E-state index in [9.17, 15) is 13.6 Å². The van der Waals surface area contributed by atoms with E-state index in [1.807, 2.05) is 0 Å².